The van der Waals surface area contributed by atoms with Gasteiger partial charge in [-0.05, 0) is 6.92 Å². The number of benzene rings is 1. The molecular formula is C9H6F3N3. The van der Waals surface area contributed by atoms with E-state index in [9.17, 15) is 13.2 Å². The lowest BCUT2D eigenvalue weighted by Crippen LogP contribution is -1.94. The van der Waals surface area contributed by atoms with E-state index >= 15 is 0 Å². The van der Waals surface area contributed by atoms with Crippen LogP contribution in [-0.4, -0.2) is 15.2 Å². The molecule has 1 aromatic heterocycles. The second-order valence-corrected chi connectivity index (χ2v) is 2.99. The molecule has 0 amide bonds. The van der Waals surface area contributed by atoms with Crippen LogP contribution in [0, 0.1) is 24.4 Å². The van der Waals surface area contributed by atoms with Crippen molar-refractivity contribution in [2.75, 3.05) is 0 Å². The highest BCUT2D eigenvalue weighted by Crippen LogP contribution is 2.23. The van der Waals surface area contributed by atoms with Gasteiger partial charge in [-0.25, -0.2) is 18.2 Å². The molecule has 2 rings (SSSR count). The highest BCUT2D eigenvalue weighted by molar-refractivity contribution is 5.56. The van der Waals surface area contributed by atoms with E-state index in [1.165, 1.54) is 0 Å². The number of hydrogen-bond acceptors (Lipinski definition) is 2. The monoisotopic (exact) mass is 213 g/mol. The number of aromatic amines is 1. The summed E-state index contributed by atoms with van der Waals surface area (Å²) in [6.07, 6.45) is 0. The summed E-state index contributed by atoms with van der Waals surface area (Å²) in [5, 5.41) is 6.05. The normalized spacial score (nSPS) is 10.7. The lowest BCUT2D eigenvalue weighted by molar-refractivity contribution is 0.547. The van der Waals surface area contributed by atoms with Crippen molar-refractivity contribution in [3.63, 3.8) is 0 Å². The maximum Gasteiger partial charge on any atom is 0.187 e. The third kappa shape index (κ3) is 1.70. The first-order valence-corrected chi connectivity index (χ1v) is 4.12. The van der Waals surface area contributed by atoms with Crippen LogP contribution in [-0.2, 0) is 0 Å². The zero-order valence-electron chi connectivity index (χ0n) is 7.68. The first-order valence-electron chi connectivity index (χ1n) is 4.12. The molecule has 15 heavy (non-hydrogen) atoms. The fraction of sp³-hybridized carbons (Fsp3) is 0.111. The molecule has 0 unspecified atom stereocenters. The lowest BCUT2D eigenvalue weighted by Gasteiger charge is -2.00. The Morgan fingerprint density at radius 2 is 1.73 bits per heavy atom. The second kappa shape index (κ2) is 3.38. The van der Waals surface area contributed by atoms with E-state index in [1.807, 2.05) is 0 Å². The number of aromatic nitrogens is 3. The molecule has 3 nitrogen and oxygen atoms in total. The molecular weight excluding hydrogens is 207 g/mol. The summed E-state index contributed by atoms with van der Waals surface area (Å²) in [6.45, 7) is 1.59. The molecule has 6 heteroatoms. The summed E-state index contributed by atoms with van der Waals surface area (Å²) in [4.78, 5) is 3.76. The van der Waals surface area contributed by atoms with Gasteiger partial charge in [0.15, 0.2) is 5.82 Å². The number of H-pyrrole nitrogens is 1. The molecule has 0 aliphatic carbocycles. The molecule has 0 bridgehead atoms. The third-order valence-electron chi connectivity index (χ3n) is 1.83. The Morgan fingerprint density at radius 3 is 2.20 bits per heavy atom. The second-order valence-electron chi connectivity index (χ2n) is 2.99. The molecule has 0 spiro atoms. The van der Waals surface area contributed by atoms with E-state index in [4.69, 9.17) is 0 Å². The fourth-order valence-electron chi connectivity index (χ4n) is 1.21. The Balaban J connectivity index is 2.62. The van der Waals surface area contributed by atoms with Crippen LogP contribution in [0.4, 0.5) is 13.2 Å². The third-order valence-corrected chi connectivity index (χ3v) is 1.83. The average Bonchev–Trinajstić information content (AvgIpc) is 2.49. The number of aryl methyl sites for hydroxylation is 1. The van der Waals surface area contributed by atoms with Gasteiger partial charge in [-0.2, -0.15) is 5.10 Å². The van der Waals surface area contributed by atoms with E-state index in [-0.39, 0.29) is 5.82 Å². The number of rotatable bonds is 1. The maximum absolute atomic E-state index is 13.2. The zero-order valence-corrected chi connectivity index (χ0v) is 7.68. The van der Waals surface area contributed by atoms with Gasteiger partial charge in [0.05, 0.1) is 5.56 Å². The van der Waals surface area contributed by atoms with E-state index < -0.39 is 23.0 Å². The molecule has 0 aliphatic rings. The summed E-state index contributed by atoms with van der Waals surface area (Å²) in [5.41, 5.74) is -0.430. The van der Waals surface area contributed by atoms with Crippen LogP contribution in [0.25, 0.3) is 11.4 Å². The summed E-state index contributed by atoms with van der Waals surface area (Å²) in [5.74, 6) is -2.71. The van der Waals surface area contributed by atoms with Crippen molar-refractivity contribution < 1.29 is 13.2 Å². The molecule has 78 valence electrons. The fourth-order valence-corrected chi connectivity index (χ4v) is 1.21. The first-order chi connectivity index (χ1) is 7.08. The number of nitrogens with zero attached hydrogens (tertiary/aromatic N) is 2. The van der Waals surface area contributed by atoms with Gasteiger partial charge in [-0.1, -0.05) is 0 Å². The molecule has 0 fully saturated rings. The van der Waals surface area contributed by atoms with Gasteiger partial charge in [0.2, 0.25) is 0 Å². The molecule has 1 N–H and O–H groups in total. The molecule has 0 radical (unpaired) electrons. The van der Waals surface area contributed by atoms with Crippen molar-refractivity contribution in [3.8, 4) is 11.4 Å². The smallest absolute Gasteiger partial charge is 0.187 e. The molecule has 0 saturated carbocycles. The van der Waals surface area contributed by atoms with Crippen LogP contribution in [0.2, 0.25) is 0 Å². The Labute approximate surface area is 83.0 Å². The van der Waals surface area contributed by atoms with Crippen LogP contribution in [0.1, 0.15) is 5.82 Å². The predicted octanol–water partition coefficient (Wildman–Crippen LogP) is 2.20. The van der Waals surface area contributed by atoms with Gasteiger partial charge >= 0.3 is 0 Å². The van der Waals surface area contributed by atoms with Crippen LogP contribution in [0.3, 0.4) is 0 Å². The Hall–Kier alpha value is -1.85. The molecule has 0 aliphatic heterocycles. The van der Waals surface area contributed by atoms with Crippen LogP contribution >= 0.6 is 0 Å². The standard InChI is InChI=1S/C9H6F3N3/c1-4-13-9(15-14-4)8-6(11)2-5(10)3-7(8)12/h2-3H,1H3,(H,13,14,15). The lowest BCUT2D eigenvalue weighted by atomic mass is 10.2. The van der Waals surface area contributed by atoms with Crippen LogP contribution in [0.15, 0.2) is 12.1 Å². The van der Waals surface area contributed by atoms with E-state index in [0.29, 0.717) is 18.0 Å². The minimum Gasteiger partial charge on any atom is -0.263 e. The van der Waals surface area contributed by atoms with Crippen molar-refractivity contribution in [1.82, 2.24) is 15.2 Å². The molecule has 2 aromatic rings. The van der Waals surface area contributed by atoms with Crippen LogP contribution in [0.5, 0.6) is 0 Å². The number of hydrogen-bond donors (Lipinski definition) is 1. The minimum atomic E-state index is -1.02. The highest BCUT2D eigenvalue weighted by Gasteiger charge is 2.16. The van der Waals surface area contributed by atoms with Crippen molar-refractivity contribution in [1.29, 1.82) is 0 Å². The highest BCUT2D eigenvalue weighted by atomic mass is 19.1. The molecule has 1 aromatic carbocycles. The molecule has 1 heterocycles. The summed E-state index contributed by atoms with van der Waals surface area (Å²) >= 11 is 0. The van der Waals surface area contributed by atoms with Gasteiger partial charge in [-0.3, -0.25) is 5.10 Å². The quantitative estimate of drug-likeness (QED) is 0.788. The van der Waals surface area contributed by atoms with E-state index in [2.05, 4.69) is 15.2 Å². The van der Waals surface area contributed by atoms with Crippen molar-refractivity contribution in [2.24, 2.45) is 0 Å². The first kappa shape index (κ1) is 9.70. The topological polar surface area (TPSA) is 41.6 Å². The van der Waals surface area contributed by atoms with Gasteiger partial charge in [-0.15, -0.1) is 0 Å². The molecule has 0 saturated heterocycles. The Kier molecular flexibility index (Phi) is 2.18. The zero-order chi connectivity index (χ0) is 11.0. The van der Waals surface area contributed by atoms with Crippen LogP contribution < -0.4 is 0 Å². The Bertz CT molecular complexity index is 484. The largest absolute Gasteiger partial charge is 0.263 e. The average molecular weight is 213 g/mol. The Morgan fingerprint density at radius 1 is 1.13 bits per heavy atom. The van der Waals surface area contributed by atoms with Crippen molar-refractivity contribution in [2.45, 2.75) is 6.92 Å². The SMILES string of the molecule is Cc1nc(-c2c(F)cc(F)cc2F)n[nH]1. The summed E-state index contributed by atoms with van der Waals surface area (Å²) in [6, 6.07) is 1.17. The van der Waals surface area contributed by atoms with Gasteiger partial charge < -0.3 is 0 Å². The van der Waals surface area contributed by atoms with Gasteiger partial charge in [0.1, 0.15) is 23.3 Å². The van der Waals surface area contributed by atoms with Crippen molar-refractivity contribution >= 4 is 0 Å². The minimum absolute atomic E-state index is 0.123. The maximum atomic E-state index is 13.2. The number of halogens is 3. The predicted molar refractivity (Wildman–Crippen MR) is 46.4 cm³/mol. The van der Waals surface area contributed by atoms with Crippen molar-refractivity contribution in [3.05, 3.63) is 35.4 Å². The van der Waals surface area contributed by atoms with Gasteiger partial charge in [0.25, 0.3) is 0 Å². The summed E-state index contributed by atoms with van der Waals surface area (Å²) < 4.78 is 39.1. The van der Waals surface area contributed by atoms with E-state index in [0.717, 1.165) is 0 Å². The van der Waals surface area contributed by atoms with Gasteiger partial charge in [0, 0.05) is 12.1 Å². The summed E-state index contributed by atoms with van der Waals surface area (Å²) in [7, 11) is 0. The molecule has 0 atom stereocenters. The van der Waals surface area contributed by atoms with E-state index in [1.54, 1.807) is 6.92 Å². The number of nitrogens with one attached hydrogen (secondary N) is 1.